The highest BCUT2D eigenvalue weighted by Crippen LogP contribution is 2.29. The first-order valence-corrected chi connectivity index (χ1v) is 7.16. The van der Waals surface area contributed by atoms with Gasteiger partial charge in [0, 0.05) is 23.6 Å². The van der Waals surface area contributed by atoms with Gasteiger partial charge in [-0.2, -0.15) is 0 Å². The van der Waals surface area contributed by atoms with Crippen molar-refractivity contribution in [3.63, 3.8) is 0 Å². The summed E-state index contributed by atoms with van der Waals surface area (Å²) in [5, 5.41) is 0. The number of anilines is 1. The molecule has 102 valence electrons. The van der Waals surface area contributed by atoms with E-state index in [0.29, 0.717) is 6.54 Å². The number of ether oxygens (including phenoxy) is 1. The lowest BCUT2D eigenvalue weighted by atomic mass is 10.2. The van der Waals surface area contributed by atoms with E-state index in [-0.39, 0.29) is 12.7 Å². The predicted molar refractivity (Wildman–Crippen MR) is 79.6 cm³/mol. The summed E-state index contributed by atoms with van der Waals surface area (Å²) in [6, 6.07) is 11.6. The van der Waals surface area contributed by atoms with E-state index in [0.717, 1.165) is 27.8 Å². The van der Waals surface area contributed by atoms with Crippen LogP contribution in [0.4, 0.5) is 10.5 Å². The van der Waals surface area contributed by atoms with Crippen molar-refractivity contribution in [3.05, 3.63) is 58.3 Å². The maximum absolute atomic E-state index is 12.2. The van der Waals surface area contributed by atoms with E-state index >= 15 is 0 Å². The minimum absolute atomic E-state index is 0.285. The van der Waals surface area contributed by atoms with E-state index in [4.69, 9.17) is 4.74 Å². The van der Waals surface area contributed by atoms with E-state index in [1.165, 1.54) is 0 Å². The number of hydrogen-bond donors (Lipinski definition) is 0. The number of amides is 1. The molecular formula is C15H13BrN2O2. The molecule has 0 radical (unpaired) electrons. The van der Waals surface area contributed by atoms with Gasteiger partial charge in [-0.3, -0.25) is 9.88 Å². The molecule has 1 aliphatic rings. The van der Waals surface area contributed by atoms with Crippen molar-refractivity contribution >= 4 is 27.7 Å². The number of pyridine rings is 1. The van der Waals surface area contributed by atoms with Gasteiger partial charge in [-0.15, -0.1) is 0 Å². The zero-order valence-corrected chi connectivity index (χ0v) is 12.3. The molecule has 4 nitrogen and oxygen atoms in total. The lowest BCUT2D eigenvalue weighted by Crippen LogP contribution is -2.29. The molecule has 0 atom stereocenters. The van der Waals surface area contributed by atoms with Crippen LogP contribution < -0.4 is 4.90 Å². The first-order valence-electron chi connectivity index (χ1n) is 6.36. The largest absolute Gasteiger partial charge is 0.444 e. The highest BCUT2D eigenvalue weighted by molar-refractivity contribution is 9.10. The van der Waals surface area contributed by atoms with Gasteiger partial charge in [-0.25, -0.2) is 4.79 Å². The zero-order valence-electron chi connectivity index (χ0n) is 10.8. The number of aromatic nitrogens is 1. The second-order valence-electron chi connectivity index (χ2n) is 4.56. The quantitative estimate of drug-likeness (QED) is 0.844. The summed E-state index contributed by atoms with van der Waals surface area (Å²) in [4.78, 5) is 18.1. The average molecular weight is 333 g/mol. The van der Waals surface area contributed by atoms with Crippen molar-refractivity contribution < 1.29 is 9.53 Å². The van der Waals surface area contributed by atoms with Crippen LogP contribution >= 0.6 is 15.9 Å². The van der Waals surface area contributed by atoms with Gasteiger partial charge in [0.1, 0.15) is 6.61 Å². The van der Waals surface area contributed by atoms with Crippen molar-refractivity contribution in [1.82, 2.24) is 4.98 Å². The maximum Gasteiger partial charge on any atom is 0.414 e. The zero-order chi connectivity index (χ0) is 13.9. The van der Waals surface area contributed by atoms with Crippen molar-refractivity contribution in [2.24, 2.45) is 0 Å². The molecule has 0 saturated carbocycles. The van der Waals surface area contributed by atoms with E-state index in [1.54, 1.807) is 11.1 Å². The Morgan fingerprint density at radius 1 is 1.35 bits per heavy atom. The Morgan fingerprint density at radius 2 is 2.15 bits per heavy atom. The van der Waals surface area contributed by atoms with Crippen LogP contribution in [-0.4, -0.2) is 17.6 Å². The monoisotopic (exact) mass is 332 g/mol. The molecule has 2 aromatic rings. The summed E-state index contributed by atoms with van der Waals surface area (Å²) in [5.41, 5.74) is 2.75. The molecule has 0 aliphatic carbocycles. The summed E-state index contributed by atoms with van der Waals surface area (Å²) in [5.74, 6) is 0. The fraction of sp³-hybridized carbons (Fsp3) is 0.200. The Morgan fingerprint density at radius 3 is 2.95 bits per heavy atom. The van der Waals surface area contributed by atoms with Crippen LogP contribution in [-0.2, 0) is 17.8 Å². The average Bonchev–Trinajstić information content (AvgIpc) is 2.89. The lowest BCUT2D eigenvalue weighted by molar-refractivity contribution is 0.147. The number of nitrogens with zero attached hydrogens (tertiary/aromatic N) is 2. The number of carbonyl (C=O) groups is 1. The molecule has 20 heavy (non-hydrogen) atoms. The summed E-state index contributed by atoms with van der Waals surface area (Å²) in [6.45, 7) is 0.902. The minimum atomic E-state index is -0.326. The Balaban J connectivity index is 1.69. The highest BCUT2D eigenvalue weighted by atomic mass is 79.9. The molecule has 0 N–H and O–H groups in total. The van der Waals surface area contributed by atoms with E-state index < -0.39 is 0 Å². The van der Waals surface area contributed by atoms with Gasteiger partial charge >= 0.3 is 6.09 Å². The molecule has 1 aromatic carbocycles. The normalized spacial score (nSPS) is 13.2. The lowest BCUT2D eigenvalue weighted by Gasteiger charge is -2.16. The van der Waals surface area contributed by atoms with Crippen molar-refractivity contribution in [2.45, 2.75) is 13.0 Å². The van der Waals surface area contributed by atoms with Gasteiger partial charge in [-0.05, 0) is 27.6 Å². The van der Waals surface area contributed by atoms with Crippen LogP contribution in [0.15, 0.2) is 47.1 Å². The van der Waals surface area contributed by atoms with E-state index in [2.05, 4.69) is 20.9 Å². The molecule has 5 heteroatoms. The van der Waals surface area contributed by atoms with E-state index in [9.17, 15) is 4.79 Å². The molecule has 2 heterocycles. The third-order valence-corrected chi connectivity index (χ3v) is 3.64. The first-order chi connectivity index (χ1) is 9.74. The summed E-state index contributed by atoms with van der Waals surface area (Å²) < 4.78 is 6.21. The van der Waals surface area contributed by atoms with Crippen LogP contribution in [0.1, 0.15) is 11.3 Å². The molecular weight excluding hydrogens is 320 g/mol. The molecule has 1 aliphatic heterocycles. The molecule has 0 saturated heterocycles. The molecule has 0 unspecified atom stereocenters. The molecule has 1 aromatic heterocycles. The van der Waals surface area contributed by atoms with Gasteiger partial charge < -0.3 is 4.74 Å². The Bertz CT molecular complexity index is 631. The van der Waals surface area contributed by atoms with Crippen LogP contribution in [0.5, 0.6) is 0 Å². The number of carbonyl (C=O) groups excluding carboxylic acids is 1. The third-order valence-electron chi connectivity index (χ3n) is 3.20. The SMILES string of the molecule is O=C(OCc1ccccc1)N1CCc2ncc(Br)cc21. The second kappa shape index (κ2) is 5.63. The molecule has 0 bridgehead atoms. The Labute approximate surface area is 125 Å². The molecule has 1 amide bonds. The van der Waals surface area contributed by atoms with Gasteiger partial charge in [0.25, 0.3) is 0 Å². The van der Waals surface area contributed by atoms with Crippen molar-refractivity contribution in [1.29, 1.82) is 0 Å². The third kappa shape index (κ3) is 2.67. The number of hydrogen-bond acceptors (Lipinski definition) is 3. The number of benzene rings is 1. The van der Waals surface area contributed by atoms with Crippen molar-refractivity contribution in [2.75, 3.05) is 11.4 Å². The van der Waals surface area contributed by atoms with Gasteiger partial charge in [0.15, 0.2) is 0 Å². The topological polar surface area (TPSA) is 42.4 Å². The standard InChI is InChI=1S/C15H13BrN2O2/c16-12-8-14-13(17-9-12)6-7-18(14)15(19)20-10-11-4-2-1-3-5-11/h1-5,8-9H,6-7,10H2. The summed E-state index contributed by atoms with van der Waals surface area (Å²) >= 11 is 3.38. The summed E-state index contributed by atoms with van der Waals surface area (Å²) in [7, 11) is 0. The smallest absolute Gasteiger partial charge is 0.414 e. The maximum atomic E-state index is 12.2. The first kappa shape index (κ1) is 13.1. The highest BCUT2D eigenvalue weighted by Gasteiger charge is 2.27. The van der Waals surface area contributed by atoms with Gasteiger partial charge in [0.05, 0.1) is 11.4 Å². The second-order valence-corrected chi connectivity index (χ2v) is 5.48. The van der Waals surface area contributed by atoms with Gasteiger partial charge in [-0.1, -0.05) is 30.3 Å². The van der Waals surface area contributed by atoms with Crippen LogP contribution in [0, 0.1) is 0 Å². The fourth-order valence-electron chi connectivity index (χ4n) is 2.21. The number of halogens is 1. The number of fused-ring (bicyclic) bond motifs is 1. The van der Waals surface area contributed by atoms with Crippen LogP contribution in [0.2, 0.25) is 0 Å². The van der Waals surface area contributed by atoms with Gasteiger partial charge in [0.2, 0.25) is 0 Å². The minimum Gasteiger partial charge on any atom is -0.444 e. The van der Waals surface area contributed by atoms with E-state index in [1.807, 2.05) is 36.4 Å². The predicted octanol–water partition coefficient (Wildman–Crippen LogP) is 3.54. The molecule has 3 rings (SSSR count). The molecule has 0 fully saturated rings. The fourth-order valence-corrected chi connectivity index (χ4v) is 2.53. The van der Waals surface area contributed by atoms with Crippen molar-refractivity contribution in [3.8, 4) is 0 Å². The summed E-state index contributed by atoms with van der Waals surface area (Å²) in [6.07, 6.45) is 2.19. The molecule has 0 spiro atoms. The number of rotatable bonds is 2. The van der Waals surface area contributed by atoms with Crippen LogP contribution in [0.3, 0.4) is 0 Å². The Hall–Kier alpha value is -1.88. The van der Waals surface area contributed by atoms with Crippen LogP contribution in [0.25, 0.3) is 0 Å². The Kier molecular flexibility index (Phi) is 3.69.